The van der Waals surface area contributed by atoms with Crippen LogP contribution in [-0.4, -0.2) is 55.3 Å². The van der Waals surface area contributed by atoms with Gasteiger partial charge in [-0.3, -0.25) is 14.6 Å². The Labute approximate surface area is 207 Å². The molecular formula is C27H49N3O4. The van der Waals surface area contributed by atoms with Crippen LogP contribution >= 0.6 is 0 Å². The number of aliphatic hydroxyl groups excluding tert-OH is 1. The Morgan fingerprint density at radius 3 is 2.24 bits per heavy atom. The largest absolute Gasteiger partial charge is 0.455 e. The Bertz CT molecular complexity index is 675. The molecule has 7 nitrogen and oxygen atoms in total. The van der Waals surface area contributed by atoms with Crippen LogP contribution in [0.25, 0.3) is 0 Å². The number of ether oxygens (including phenoxy) is 1. The number of aliphatic imine (C=N–C) groups is 1. The third-order valence-corrected chi connectivity index (χ3v) is 6.73. The van der Waals surface area contributed by atoms with Crippen LogP contribution in [-0.2, 0) is 14.3 Å². The van der Waals surface area contributed by atoms with Crippen LogP contribution in [0.4, 0.5) is 0 Å². The van der Waals surface area contributed by atoms with Gasteiger partial charge < -0.3 is 20.1 Å². The van der Waals surface area contributed by atoms with Crippen molar-refractivity contribution in [3.63, 3.8) is 0 Å². The highest BCUT2D eigenvalue weighted by atomic mass is 16.5. The molecule has 1 unspecified atom stereocenters. The summed E-state index contributed by atoms with van der Waals surface area (Å²) in [5, 5.41) is 9.93. The second-order valence-corrected chi connectivity index (χ2v) is 8.95. The molecule has 0 radical (unpaired) electrons. The molecule has 3 rings (SSSR count). The Kier molecular flexibility index (Phi) is 15.4. The lowest BCUT2D eigenvalue weighted by molar-refractivity contribution is -0.134. The van der Waals surface area contributed by atoms with Crippen molar-refractivity contribution in [1.82, 2.24) is 10.2 Å². The molecule has 7 heteroatoms. The molecular weight excluding hydrogens is 430 g/mol. The van der Waals surface area contributed by atoms with Gasteiger partial charge in [-0.25, -0.2) is 0 Å². The lowest BCUT2D eigenvalue weighted by Gasteiger charge is -2.37. The van der Waals surface area contributed by atoms with Crippen molar-refractivity contribution in [3.05, 3.63) is 24.3 Å². The van der Waals surface area contributed by atoms with Gasteiger partial charge in [-0.1, -0.05) is 41.2 Å². The zero-order valence-corrected chi connectivity index (χ0v) is 22.7. The molecule has 2 saturated carbocycles. The minimum absolute atomic E-state index is 0.0674. The summed E-state index contributed by atoms with van der Waals surface area (Å²) in [5.74, 6) is 2.48. The first kappa shape index (κ1) is 31.9. The van der Waals surface area contributed by atoms with Gasteiger partial charge in [-0.15, -0.1) is 0 Å². The lowest BCUT2D eigenvalue weighted by atomic mass is 9.74. The van der Waals surface area contributed by atoms with E-state index in [0.717, 1.165) is 51.8 Å². The fraction of sp³-hybridized carbons (Fsp3) is 0.741. The normalized spacial score (nSPS) is 23.8. The van der Waals surface area contributed by atoms with Gasteiger partial charge in [0.1, 0.15) is 5.76 Å². The molecule has 1 saturated heterocycles. The molecule has 1 spiro atoms. The lowest BCUT2D eigenvalue weighted by Crippen LogP contribution is -2.41. The maximum absolute atomic E-state index is 12.5. The minimum atomic E-state index is -0.291. The van der Waals surface area contributed by atoms with E-state index in [-0.39, 0.29) is 11.7 Å². The second-order valence-electron chi connectivity index (χ2n) is 8.95. The average Bonchev–Trinajstić information content (AvgIpc) is 3.52. The van der Waals surface area contributed by atoms with E-state index >= 15 is 0 Å². The van der Waals surface area contributed by atoms with Crippen LogP contribution in [0.3, 0.4) is 0 Å². The first-order valence-corrected chi connectivity index (χ1v) is 12.8. The third kappa shape index (κ3) is 9.61. The predicted molar refractivity (Wildman–Crippen MR) is 140 cm³/mol. The molecule has 2 N–H and O–H groups in total. The fourth-order valence-electron chi connectivity index (χ4n) is 4.86. The van der Waals surface area contributed by atoms with Gasteiger partial charge in [0, 0.05) is 33.2 Å². The second kappa shape index (κ2) is 16.5. The van der Waals surface area contributed by atoms with Crippen LogP contribution < -0.4 is 5.32 Å². The molecule has 1 atom stereocenters. The summed E-state index contributed by atoms with van der Waals surface area (Å²) in [7, 11) is 1.00. The molecule has 0 aromatic carbocycles. The summed E-state index contributed by atoms with van der Waals surface area (Å²) in [6, 6.07) is 0. The molecule has 196 valence electrons. The van der Waals surface area contributed by atoms with E-state index in [2.05, 4.69) is 35.4 Å². The minimum Gasteiger partial charge on any atom is -0.455 e. The van der Waals surface area contributed by atoms with Crippen LogP contribution in [0.2, 0.25) is 0 Å². The standard InChI is InChI=1S/C22H33N3O3.2C2H6.CH4O/c1-15-9-18(10-15)11-20(26)25-7-5-22(6-8-25)12-19(22)14-24-21(27)17(3)28-16(2)13-23-4;3*1-2/h13,15,18-19H,3-12,14H2,1-2H3,(H,24,27);2*1-2H3;2H,1H3/b16-13+;;;. The number of hydrogen-bond acceptors (Lipinski definition) is 5. The average molecular weight is 480 g/mol. The van der Waals surface area contributed by atoms with Gasteiger partial charge in [0.05, 0.1) is 6.20 Å². The topological polar surface area (TPSA) is 91.2 Å². The van der Waals surface area contributed by atoms with Crippen LogP contribution in [0.5, 0.6) is 0 Å². The number of allylic oxidation sites excluding steroid dienone is 1. The third-order valence-electron chi connectivity index (χ3n) is 6.73. The zero-order valence-electron chi connectivity index (χ0n) is 22.7. The van der Waals surface area contributed by atoms with Crippen molar-refractivity contribution in [2.45, 2.75) is 80.1 Å². The molecule has 2 aliphatic carbocycles. The van der Waals surface area contributed by atoms with Crippen molar-refractivity contribution >= 4 is 18.5 Å². The quantitative estimate of drug-likeness (QED) is 0.294. The SMILES string of the molecule is C=N/C=C(\C)OC(=C)C(=O)NCC1CC12CCN(C(=O)CC1CC(C)C1)CC2.CC.CC.CO. The van der Waals surface area contributed by atoms with E-state index in [1.807, 2.05) is 27.7 Å². The number of likely N-dealkylation sites (tertiary alicyclic amines) is 1. The molecule has 34 heavy (non-hydrogen) atoms. The van der Waals surface area contributed by atoms with Crippen molar-refractivity contribution < 1.29 is 19.4 Å². The summed E-state index contributed by atoms with van der Waals surface area (Å²) in [6.45, 7) is 21.3. The smallest absolute Gasteiger partial charge is 0.286 e. The number of aliphatic hydroxyl groups is 1. The van der Waals surface area contributed by atoms with E-state index in [4.69, 9.17) is 9.84 Å². The number of nitrogens with zero attached hydrogens (tertiary/aromatic N) is 2. The molecule has 2 amide bonds. The highest BCUT2D eigenvalue weighted by molar-refractivity contribution is 5.90. The number of nitrogens with one attached hydrogen (secondary N) is 1. The van der Waals surface area contributed by atoms with Gasteiger partial charge >= 0.3 is 0 Å². The van der Waals surface area contributed by atoms with Crippen molar-refractivity contribution in [3.8, 4) is 0 Å². The van der Waals surface area contributed by atoms with Crippen LogP contribution in [0.1, 0.15) is 80.1 Å². The molecule has 0 aromatic rings. The Balaban J connectivity index is 0.00000168. The van der Waals surface area contributed by atoms with E-state index in [0.29, 0.717) is 35.5 Å². The van der Waals surface area contributed by atoms with Gasteiger partial charge in [0.2, 0.25) is 5.91 Å². The molecule has 1 aliphatic heterocycles. The maximum atomic E-state index is 12.5. The molecule has 1 heterocycles. The van der Waals surface area contributed by atoms with Crippen molar-refractivity contribution in [2.24, 2.45) is 28.2 Å². The summed E-state index contributed by atoms with van der Waals surface area (Å²) < 4.78 is 5.31. The van der Waals surface area contributed by atoms with Crippen LogP contribution in [0, 0.1) is 23.2 Å². The first-order chi connectivity index (χ1) is 16.3. The number of piperidine rings is 1. The Hall–Kier alpha value is -2.15. The van der Waals surface area contributed by atoms with E-state index in [9.17, 15) is 9.59 Å². The van der Waals surface area contributed by atoms with Gasteiger partial charge in [0.25, 0.3) is 5.91 Å². The van der Waals surface area contributed by atoms with Crippen molar-refractivity contribution in [2.75, 3.05) is 26.7 Å². The van der Waals surface area contributed by atoms with E-state index in [1.165, 1.54) is 19.0 Å². The number of rotatable bonds is 8. The zero-order chi connectivity index (χ0) is 26.3. The molecule has 0 aromatic heterocycles. The monoisotopic (exact) mass is 479 g/mol. The summed E-state index contributed by atoms with van der Waals surface area (Å²) >= 11 is 0. The van der Waals surface area contributed by atoms with E-state index < -0.39 is 0 Å². The highest BCUT2D eigenvalue weighted by Gasteiger charge is 2.54. The maximum Gasteiger partial charge on any atom is 0.286 e. The number of carbonyl (C=O) groups is 2. The Morgan fingerprint density at radius 2 is 1.74 bits per heavy atom. The fourth-order valence-corrected chi connectivity index (χ4v) is 4.86. The number of hydrogen-bond donors (Lipinski definition) is 2. The summed E-state index contributed by atoms with van der Waals surface area (Å²) in [6.07, 6.45) is 7.81. The summed E-state index contributed by atoms with van der Waals surface area (Å²) in [4.78, 5) is 30.3. The van der Waals surface area contributed by atoms with Gasteiger partial charge in [-0.05, 0) is 68.9 Å². The van der Waals surface area contributed by atoms with Gasteiger partial charge in [-0.2, -0.15) is 0 Å². The van der Waals surface area contributed by atoms with Crippen molar-refractivity contribution in [1.29, 1.82) is 0 Å². The molecule has 0 bridgehead atoms. The van der Waals surface area contributed by atoms with Crippen LogP contribution in [0.15, 0.2) is 29.3 Å². The molecule has 3 fully saturated rings. The number of carbonyl (C=O) groups excluding carboxylic acids is 2. The van der Waals surface area contributed by atoms with Gasteiger partial charge in [0.15, 0.2) is 5.76 Å². The highest BCUT2D eigenvalue weighted by Crippen LogP contribution is 2.59. The number of amides is 2. The van der Waals surface area contributed by atoms with E-state index in [1.54, 1.807) is 6.92 Å². The Morgan fingerprint density at radius 1 is 1.18 bits per heavy atom. The summed E-state index contributed by atoms with van der Waals surface area (Å²) in [5.41, 5.74) is 0.305. The first-order valence-electron chi connectivity index (χ1n) is 12.8. The predicted octanol–water partition coefficient (Wildman–Crippen LogP) is 4.92. The molecule has 3 aliphatic rings.